The Morgan fingerprint density at radius 3 is 2.46 bits per heavy atom. The molecule has 182 valence electrons. The number of amides is 2. The number of carbonyl (C=O) groups is 2. The lowest BCUT2D eigenvalue weighted by atomic mass is 9.97. The summed E-state index contributed by atoms with van der Waals surface area (Å²) in [6, 6.07) is 18.9. The van der Waals surface area contributed by atoms with Gasteiger partial charge in [0.05, 0.1) is 11.3 Å². The second-order valence-electron chi connectivity index (χ2n) is 8.98. The minimum Gasteiger partial charge on any atom is -0.380 e. The van der Waals surface area contributed by atoms with E-state index in [1.165, 1.54) is 6.20 Å². The minimum absolute atomic E-state index is 0.0631. The summed E-state index contributed by atoms with van der Waals surface area (Å²) in [5.41, 5.74) is 8.93. The van der Waals surface area contributed by atoms with Gasteiger partial charge in [0.1, 0.15) is 5.82 Å². The van der Waals surface area contributed by atoms with Gasteiger partial charge in [-0.15, -0.1) is 0 Å². The van der Waals surface area contributed by atoms with E-state index in [1.54, 1.807) is 18.2 Å². The Hall–Kier alpha value is -3.91. The van der Waals surface area contributed by atoms with Gasteiger partial charge in [0.2, 0.25) is 0 Å². The van der Waals surface area contributed by atoms with Crippen LogP contribution in [0.4, 0.5) is 17.2 Å². The average molecular weight is 473 g/mol. The Labute approximate surface area is 205 Å². The van der Waals surface area contributed by atoms with E-state index in [0.29, 0.717) is 41.6 Å². The van der Waals surface area contributed by atoms with Gasteiger partial charge in [-0.1, -0.05) is 30.3 Å². The molecule has 0 bridgehead atoms. The van der Waals surface area contributed by atoms with Crippen molar-refractivity contribution in [3.63, 3.8) is 0 Å². The summed E-state index contributed by atoms with van der Waals surface area (Å²) in [4.78, 5) is 31.0. The van der Waals surface area contributed by atoms with Gasteiger partial charge in [-0.25, -0.2) is 4.98 Å². The number of anilines is 3. The van der Waals surface area contributed by atoms with Crippen molar-refractivity contribution in [1.29, 1.82) is 0 Å². The highest BCUT2D eigenvalue weighted by molar-refractivity contribution is 5.98. The number of likely N-dealkylation sites (tertiary alicyclic amines) is 1. The fraction of sp³-hybridized carbons (Fsp3) is 0.296. The molecular formula is C27H32N6O2. The highest BCUT2D eigenvalue weighted by atomic mass is 16.2. The molecule has 5 N–H and O–H groups in total. The normalized spacial score (nSPS) is 14.3. The molecule has 8 heteroatoms. The first-order valence-corrected chi connectivity index (χ1v) is 11.9. The third-order valence-electron chi connectivity index (χ3n) is 6.30. The number of piperidine rings is 1. The number of primary amides is 1. The van der Waals surface area contributed by atoms with Crippen molar-refractivity contribution >= 4 is 29.0 Å². The Morgan fingerprint density at radius 1 is 1.06 bits per heavy atom. The number of nitrogens with zero attached hydrogens (tertiary/aromatic N) is 2. The van der Waals surface area contributed by atoms with E-state index in [1.807, 2.05) is 42.5 Å². The zero-order valence-corrected chi connectivity index (χ0v) is 20.0. The van der Waals surface area contributed by atoms with E-state index < -0.39 is 5.91 Å². The molecule has 3 aromatic rings. The van der Waals surface area contributed by atoms with Crippen molar-refractivity contribution in [3.05, 3.63) is 83.6 Å². The number of pyridine rings is 1. The lowest BCUT2D eigenvalue weighted by Gasteiger charge is -2.28. The number of rotatable bonds is 9. The van der Waals surface area contributed by atoms with Crippen LogP contribution >= 0.6 is 0 Å². The molecule has 1 fully saturated rings. The van der Waals surface area contributed by atoms with Gasteiger partial charge in [0.25, 0.3) is 11.8 Å². The van der Waals surface area contributed by atoms with Crippen molar-refractivity contribution in [2.45, 2.75) is 19.4 Å². The molecule has 1 aliphatic rings. The van der Waals surface area contributed by atoms with Crippen LogP contribution in [0.15, 0.2) is 66.9 Å². The van der Waals surface area contributed by atoms with Crippen LogP contribution in [0.1, 0.15) is 39.1 Å². The van der Waals surface area contributed by atoms with Crippen LogP contribution in [0.3, 0.4) is 0 Å². The maximum absolute atomic E-state index is 12.5. The molecule has 35 heavy (non-hydrogen) atoms. The van der Waals surface area contributed by atoms with Gasteiger partial charge in [-0.2, -0.15) is 0 Å². The van der Waals surface area contributed by atoms with Crippen LogP contribution in [0, 0.1) is 5.92 Å². The zero-order chi connectivity index (χ0) is 24.6. The summed E-state index contributed by atoms with van der Waals surface area (Å²) in [7, 11) is 2.13. The molecule has 0 spiro atoms. The Balaban J connectivity index is 1.36. The molecule has 2 heterocycles. The topological polar surface area (TPSA) is 112 Å². The molecule has 0 unspecified atom stereocenters. The summed E-state index contributed by atoms with van der Waals surface area (Å²) in [5, 5.41) is 9.55. The van der Waals surface area contributed by atoms with Crippen LogP contribution in [0.25, 0.3) is 0 Å². The van der Waals surface area contributed by atoms with Crippen LogP contribution in [-0.4, -0.2) is 48.4 Å². The monoisotopic (exact) mass is 472 g/mol. The quantitative estimate of drug-likeness (QED) is 0.379. The Morgan fingerprint density at radius 2 is 1.77 bits per heavy atom. The number of nitrogens with one attached hydrogen (secondary N) is 3. The highest BCUT2D eigenvalue weighted by Gasteiger charge is 2.17. The van der Waals surface area contributed by atoms with Crippen molar-refractivity contribution in [1.82, 2.24) is 15.2 Å². The van der Waals surface area contributed by atoms with E-state index in [9.17, 15) is 9.59 Å². The summed E-state index contributed by atoms with van der Waals surface area (Å²) < 4.78 is 0. The van der Waals surface area contributed by atoms with Crippen LogP contribution in [0.2, 0.25) is 0 Å². The Bertz CT molecular complexity index is 1140. The van der Waals surface area contributed by atoms with Crippen LogP contribution in [0.5, 0.6) is 0 Å². The number of nitrogens with two attached hydrogens (primary N) is 1. The van der Waals surface area contributed by atoms with Crippen molar-refractivity contribution < 1.29 is 9.59 Å². The van der Waals surface area contributed by atoms with Crippen LogP contribution in [-0.2, 0) is 6.54 Å². The number of carbonyl (C=O) groups excluding carboxylic acids is 2. The second-order valence-corrected chi connectivity index (χ2v) is 8.98. The van der Waals surface area contributed by atoms with Crippen molar-refractivity contribution in [2.24, 2.45) is 11.7 Å². The number of hydrogen-bond donors (Lipinski definition) is 4. The molecule has 0 atom stereocenters. The first kappa shape index (κ1) is 24.2. The number of benzene rings is 2. The van der Waals surface area contributed by atoms with Gasteiger partial charge in [0.15, 0.2) is 0 Å². The van der Waals surface area contributed by atoms with Crippen molar-refractivity contribution in [2.75, 3.05) is 37.3 Å². The maximum Gasteiger partial charge on any atom is 0.252 e. The van der Waals surface area contributed by atoms with E-state index >= 15 is 0 Å². The lowest BCUT2D eigenvalue weighted by Crippen LogP contribution is -2.36. The van der Waals surface area contributed by atoms with Gasteiger partial charge in [0, 0.05) is 36.6 Å². The summed E-state index contributed by atoms with van der Waals surface area (Å²) >= 11 is 0. The highest BCUT2D eigenvalue weighted by Crippen LogP contribution is 2.23. The molecule has 1 aromatic heterocycles. The largest absolute Gasteiger partial charge is 0.380 e. The van der Waals surface area contributed by atoms with Gasteiger partial charge < -0.3 is 26.6 Å². The molecule has 1 aliphatic heterocycles. The van der Waals surface area contributed by atoms with Crippen LogP contribution < -0.4 is 21.7 Å². The first-order chi connectivity index (χ1) is 17.0. The summed E-state index contributed by atoms with van der Waals surface area (Å²) in [6.45, 7) is 3.42. The predicted octanol–water partition coefficient (Wildman–Crippen LogP) is 3.61. The SMILES string of the molecule is CN1CCC(CNC(=O)c2ccc(Nc3cc(NCc4ccccc4)c(C(N)=O)cn3)cc2)CC1. The zero-order valence-electron chi connectivity index (χ0n) is 20.0. The fourth-order valence-electron chi connectivity index (χ4n) is 4.12. The Kier molecular flexibility index (Phi) is 7.95. The molecule has 8 nitrogen and oxygen atoms in total. The van der Waals surface area contributed by atoms with Gasteiger partial charge in [-0.05, 0) is 68.7 Å². The minimum atomic E-state index is -0.546. The van der Waals surface area contributed by atoms with Crippen molar-refractivity contribution in [3.8, 4) is 0 Å². The molecule has 0 aliphatic carbocycles. The molecule has 1 saturated heterocycles. The van der Waals surface area contributed by atoms with E-state index in [-0.39, 0.29) is 5.91 Å². The van der Waals surface area contributed by atoms with Gasteiger partial charge in [-0.3, -0.25) is 9.59 Å². The molecule has 0 saturated carbocycles. The number of hydrogen-bond acceptors (Lipinski definition) is 6. The molecule has 2 amide bonds. The van der Waals surface area contributed by atoms with E-state index in [0.717, 1.165) is 37.2 Å². The predicted molar refractivity (Wildman–Crippen MR) is 139 cm³/mol. The molecular weight excluding hydrogens is 440 g/mol. The first-order valence-electron chi connectivity index (χ1n) is 11.9. The fourth-order valence-corrected chi connectivity index (χ4v) is 4.12. The molecule has 0 radical (unpaired) electrons. The maximum atomic E-state index is 12.5. The third-order valence-corrected chi connectivity index (χ3v) is 6.30. The summed E-state index contributed by atoms with van der Waals surface area (Å²) in [6.07, 6.45) is 3.69. The molecule has 2 aromatic carbocycles. The second kappa shape index (κ2) is 11.5. The standard InChI is InChI=1S/C27H32N6O2/c1-33-13-11-20(12-14-33)17-31-27(35)21-7-9-22(10-8-21)32-25-15-24(23(18-30-25)26(28)34)29-16-19-5-3-2-4-6-19/h2-10,15,18,20H,11-14,16-17H2,1H3,(H2,28,34)(H,31,35)(H2,29,30,32). The van der Waals surface area contributed by atoms with Gasteiger partial charge >= 0.3 is 0 Å². The van der Waals surface area contributed by atoms with E-state index in [2.05, 4.69) is 32.9 Å². The summed E-state index contributed by atoms with van der Waals surface area (Å²) in [5.74, 6) is 0.488. The third kappa shape index (κ3) is 6.80. The lowest BCUT2D eigenvalue weighted by molar-refractivity contribution is 0.0938. The van der Waals surface area contributed by atoms with E-state index in [4.69, 9.17) is 5.73 Å². The average Bonchev–Trinajstić information content (AvgIpc) is 2.88. The molecule has 4 rings (SSSR count). The smallest absolute Gasteiger partial charge is 0.252 e. The number of aromatic nitrogens is 1.